The zero-order valence-electron chi connectivity index (χ0n) is 17.0. The van der Waals surface area contributed by atoms with Crippen molar-refractivity contribution in [2.24, 2.45) is 5.92 Å². The number of hydrogen-bond donors (Lipinski definition) is 0. The van der Waals surface area contributed by atoms with Crippen molar-refractivity contribution in [3.05, 3.63) is 0 Å². The Bertz CT molecular complexity index is 558. The van der Waals surface area contributed by atoms with Crippen LogP contribution >= 0.6 is 0 Å². The Kier molecular flexibility index (Phi) is 5.74. The molecule has 4 rings (SSSR count). The van der Waals surface area contributed by atoms with E-state index < -0.39 is 0 Å². The first kappa shape index (κ1) is 19.2. The van der Waals surface area contributed by atoms with E-state index >= 15 is 0 Å². The maximum atomic E-state index is 12.7. The van der Waals surface area contributed by atoms with Gasteiger partial charge in [-0.15, -0.1) is 0 Å². The van der Waals surface area contributed by atoms with Gasteiger partial charge in [0.2, 0.25) is 11.8 Å². The lowest BCUT2D eigenvalue weighted by atomic mass is 9.86. The molecule has 0 aromatic heterocycles. The molecule has 2 amide bonds. The van der Waals surface area contributed by atoms with Crippen LogP contribution < -0.4 is 0 Å². The third kappa shape index (κ3) is 4.48. The zero-order chi connectivity index (χ0) is 18.9. The van der Waals surface area contributed by atoms with E-state index in [0.29, 0.717) is 24.8 Å². The summed E-state index contributed by atoms with van der Waals surface area (Å²) >= 11 is 0. The third-order valence-corrected chi connectivity index (χ3v) is 7.33. The number of rotatable bonds is 4. The van der Waals surface area contributed by atoms with E-state index in [1.54, 1.807) is 0 Å². The van der Waals surface area contributed by atoms with Crippen molar-refractivity contribution in [1.29, 1.82) is 0 Å². The number of piperidine rings is 1. The highest BCUT2D eigenvalue weighted by Gasteiger charge is 2.43. The van der Waals surface area contributed by atoms with Crippen molar-refractivity contribution in [3.63, 3.8) is 0 Å². The highest BCUT2D eigenvalue weighted by atomic mass is 16.2. The Labute approximate surface area is 163 Å². The first-order valence-electron chi connectivity index (χ1n) is 11.0. The molecular formula is C21H36N4O2. The molecule has 27 heavy (non-hydrogen) atoms. The van der Waals surface area contributed by atoms with Crippen molar-refractivity contribution in [2.75, 3.05) is 59.4 Å². The first-order chi connectivity index (χ1) is 13.1. The van der Waals surface area contributed by atoms with Gasteiger partial charge in [0.1, 0.15) is 0 Å². The molecule has 152 valence electrons. The standard InChI is InChI=1S/C21H36N4O2/c1-22-13-14-23(16-20(27)24-10-3-2-4-11-24)17-21(22)8-7-19(26)25(12-9-21)15-18-5-6-18/h18H,2-17H2,1H3/t21-/m0/s1. The van der Waals surface area contributed by atoms with Gasteiger partial charge in [-0.05, 0) is 57.9 Å². The highest BCUT2D eigenvalue weighted by molar-refractivity contribution is 5.78. The number of likely N-dealkylation sites (N-methyl/N-ethyl adjacent to an activating group) is 1. The van der Waals surface area contributed by atoms with Crippen LogP contribution in [-0.2, 0) is 9.59 Å². The fraction of sp³-hybridized carbons (Fsp3) is 0.905. The van der Waals surface area contributed by atoms with Gasteiger partial charge >= 0.3 is 0 Å². The molecule has 6 nitrogen and oxygen atoms in total. The summed E-state index contributed by atoms with van der Waals surface area (Å²) in [5.41, 5.74) is 0.0500. The SMILES string of the molecule is CN1CCN(CC(=O)N2CCCCC2)C[C@@]12CCC(=O)N(CC1CC1)CC2. The summed E-state index contributed by atoms with van der Waals surface area (Å²) in [6, 6.07) is 0. The minimum atomic E-state index is 0.0500. The lowest BCUT2D eigenvalue weighted by Gasteiger charge is -2.49. The van der Waals surface area contributed by atoms with Crippen LogP contribution in [0.15, 0.2) is 0 Å². The van der Waals surface area contributed by atoms with Crippen molar-refractivity contribution in [2.45, 2.75) is 56.9 Å². The fourth-order valence-electron chi connectivity index (χ4n) is 5.15. The van der Waals surface area contributed by atoms with Gasteiger partial charge in [0.05, 0.1) is 6.54 Å². The number of likely N-dealkylation sites (tertiary alicyclic amines) is 2. The second-order valence-corrected chi connectivity index (χ2v) is 9.33. The number of amides is 2. The molecule has 1 aliphatic carbocycles. The number of nitrogens with zero attached hydrogens (tertiary/aromatic N) is 4. The summed E-state index contributed by atoms with van der Waals surface area (Å²) in [5.74, 6) is 1.40. The summed E-state index contributed by atoms with van der Waals surface area (Å²) in [6.07, 6.45) is 8.77. The Morgan fingerprint density at radius 2 is 1.81 bits per heavy atom. The Morgan fingerprint density at radius 1 is 1.04 bits per heavy atom. The molecule has 0 bridgehead atoms. The second kappa shape index (κ2) is 8.08. The Hall–Kier alpha value is -1.14. The maximum absolute atomic E-state index is 12.7. The summed E-state index contributed by atoms with van der Waals surface area (Å²) in [4.78, 5) is 34.4. The van der Waals surface area contributed by atoms with Gasteiger partial charge in [-0.1, -0.05) is 0 Å². The average molecular weight is 377 g/mol. The quantitative estimate of drug-likeness (QED) is 0.744. The van der Waals surface area contributed by atoms with E-state index in [1.165, 1.54) is 19.3 Å². The van der Waals surface area contributed by atoms with Crippen molar-refractivity contribution < 1.29 is 9.59 Å². The maximum Gasteiger partial charge on any atom is 0.236 e. The predicted molar refractivity (Wildman–Crippen MR) is 105 cm³/mol. The minimum Gasteiger partial charge on any atom is -0.342 e. The van der Waals surface area contributed by atoms with E-state index in [-0.39, 0.29) is 5.54 Å². The van der Waals surface area contributed by atoms with Crippen molar-refractivity contribution in [1.82, 2.24) is 19.6 Å². The highest BCUT2D eigenvalue weighted by Crippen LogP contribution is 2.35. The lowest BCUT2D eigenvalue weighted by molar-refractivity contribution is -0.135. The molecule has 0 radical (unpaired) electrons. The van der Waals surface area contributed by atoms with E-state index in [4.69, 9.17) is 0 Å². The molecule has 6 heteroatoms. The van der Waals surface area contributed by atoms with E-state index in [2.05, 4.69) is 26.6 Å². The fourth-order valence-corrected chi connectivity index (χ4v) is 5.15. The van der Waals surface area contributed by atoms with Crippen LogP contribution in [0.2, 0.25) is 0 Å². The van der Waals surface area contributed by atoms with Crippen LogP contribution in [0.5, 0.6) is 0 Å². The lowest BCUT2D eigenvalue weighted by Crippen LogP contribution is -2.62. The Balaban J connectivity index is 1.37. The number of carbonyl (C=O) groups is 2. The largest absolute Gasteiger partial charge is 0.342 e. The van der Waals surface area contributed by atoms with Gasteiger partial charge in [-0.25, -0.2) is 0 Å². The summed E-state index contributed by atoms with van der Waals surface area (Å²) in [5, 5.41) is 0. The van der Waals surface area contributed by atoms with Gasteiger partial charge in [-0.2, -0.15) is 0 Å². The minimum absolute atomic E-state index is 0.0500. The molecule has 3 saturated heterocycles. The average Bonchev–Trinajstić information content (AvgIpc) is 3.51. The normalized spacial score (nSPS) is 31.4. The van der Waals surface area contributed by atoms with Gasteiger partial charge < -0.3 is 9.80 Å². The van der Waals surface area contributed by atoms with Crippen LogP contribution in [0.4, 0.5) is 0 Å². The van der Waals surface area contributed by atoms with Crippen LogP contribution in [0, 0.1) is 5.92 Å². The molecule has 4 fully saturated rings. The number of piperazine rings is 1. The van der Waals surface area contributed by atoms with Crippen LogP contribution in [0.1, 0.15) is 51.4 Å². The van der Waals surface area contributed by atoms with Gasteiger partial charge in [-0.3, -0.25) is 19.4 Å². The third-order valence-electron chi connectivity index (χ3n) is 7.33. The molecule has 0 unspecified atom stereocenters. The monoisotopic (exact) mass is 376 g/mol. The van der Waals surface area contributed by atoms with Crippen LogP contribution in [0.3, 0.4) is 0 Å². The van der Waals surface area contributed by atoms with Crippen molar-refractivity contribution >= 4 is 11.8 Å². The zero-order valence-corrected chi connectivity index (χ0v) is 17.0. The summed E-state index contributed by atoms with van der Waals surface area (Å²) in [6.45, 7) is 7.14. The topological polar surface area (TPSA) is 47.1 Å². The molecule has 4 aliphatic rings. The molecule has 0 aromatic rings. The van der Waals surface area contributed by atoms with Gasteiger partial charge in [0.25, 0.3) is 0 Å². The molecule has 0 N–H and O–H groups in total. The van der Waals surface area contributed by atoms with E-state index in [1.807, 2.05) is 0 Å². The molecule has 3 heterocycles. The molecule has 1 spiro atoms. The van der Waals surface area contributed by atoms with E-state index in [0.717, 1.165) is 77.4 Å². The predicted octanol–water partition coefficient (Wildman–Crippen LogP) is 1.41. The van der Waals surface area contributed by atoms with Crippen LogP contribution in [-0.4, -0.2) is 96.4 Å². The molecule has 0 aromatic carbocycles. The number of hydrogen-bond acceptors (Lipinski definition) is 4. The Morgan fingerprint density at radius 3 is 2.56 bits per heavy atom. The first-order valence-corrected chi connectivity index (χ1v) is 11.0. The van der Waals surface area contributed by atoms with Gasteiger partial charge in [0, 0.05) is 57.8 Å². The molecule has 1 saturated carbocycles. The summed E-state index contributed by atoms with van der Waals surface area (Å²) in [7, 11) is 2.21. The molecule has 3 aliphatic heterocycles. The second-order valence-electron chi connectivity index (χ2n) is 9.33. The van der Waals surface area contributed by atoms with Crippen molar-refractivity contribution in [3.8, 4) is 0 Å². The van der Waals surface area contributed by atoms with E-state index in [9.17, 15) is 9.59 Å². The smallest absolute Gasteiger partial charge is 0.236 e. The molecular weight excluding hydrogens is 340 g/mol. The van der Waals surface area contributed by atoms with Gasteiger partial charge in [0.15, 0.2) is 0 Å². The molecule has 1 atom stereocenters. The summed E-state index contributed by atoms with van der Waals surface area (Å²) < 4.78 is 0. The number of carbonyl (C=O) groups excluding carboxylic acids is 2. The van der Waals surface area contributed by atoms with Crippen LogP contribution in [0.25, 0.3) is 0 Å².